The highest BCUT2D eigenvalue weighted by Crippen LogP contribution is 2.29. The molecule has 1 aliphatic carbocycles. The molecule has 0 aliphatic heterocycles. The summed E-state index contributed by atoms with van der Waals surface area (Å²) in [5.41, 5.74) is 4.19. The van der Waals surface area contributed by atoms with Crippen LogP contribution in [-0.2, 0) is 12.8 Å². The molecule has 0 saturated carbocycles. The highest BCUT2D eigenvalue weighted by atomic mass is 32.1. The van der Waals surface area contributed by atoms with Crippen molar-refractivity contribution in [1.29, 1.82) is 0 Å². The lowest BCUT2D eigenvalue weighted by Crippen LogP contribution is -2.39. The number of thiocarbonyl (C=S) groups is 1. The van der Waals surface area contributed by atoms with Gasteiger partial charge in [-0.25, -0.2) is 0 Å². The Morgan fingerprint density at radius 3 is 2.68 bits per heavy atom. The molecule has 0 heterocycles. The largest absolute Gasteiger partial charge is 0.362 e. The van der Waals surface area contributed by atoms with Crippen LogP contribution in [0.2, 0.25) is 0 Å². The fourth-order valence-electron chi connectivity index (χ4n) is 3.08. The summed E-state index contributed by atoms with van der Waals surface area (Å²) < 4.78 is 0. The molecule has 0 saturated heterocycles. The number of fused-ring (bicyclic) bond motifs is 1. The molecule has 0 radical (unpaired) electrons. The maximum absolute atomic E-state index is 5.46. The van der Waals surface area contributed by atoms with Crippen molar-refractivity contribution >= 4 is 17.3 Å². The third kappa shape index (κ3) is 3.86. The molecular formula is C19H22N2S. The molecule has 1 aliphatic rings. The normalized spacial score (nSPS) is 16.6. The highest BCUT2D eigenvalue weighted by Gasteiger charge is 2.19. The van der Waals surface area contributed by atoms with Gasteiger partial charge in [0.25, 0.3) is 0 Å². The zero-order valence-corrected chi connectivity index (χ0v) is 13.5. The molecule has 3 heteroatoms. The summed E-state index contributed by atoms with van der Waals surface area (Å²) in [5.74, 6) is 0. The molecule has 0 fully saturated rings. The molecule has 1 atom stereocenters. The second-order valence-corrected chi connectivity index (χ2v) is 6.19. The van der Waals surface area contributed by atoms with Gasteiger partial charge in [-0.1, -0.05) is 54.6 Å². The van der Waals surface area contributed by atoms with Gasteiger partial charge >= 0.3 is 0 Å². The van der Waals surface area contributed by atoms with Gasteiger partial charge in [0.05, 0.1) is 6.04 Å². The molecule has 3 rings (SSSR count). The summed E-state index contributed by atoms with van der Waals surface area (Å²) in [6.07, 6.45) is 4.55. The minimum atomic E-state index is 0.349. The van der Waals surface area contributed by atoms with E-state index in [0.29, 0.717) is 6.04 Å². The van der Waals surface area contributed by atoms with Crippen LogP contribution in [0.1, 0.15) is 35.6 Å². The van der Waals surface area contributed by atoms with Gasteiger partial charge in [-0.3, -0.25) is 0 Å². The quantitative estimate of drug-likeness (QED) is 0.841. The van der Waals surface area contributed by atoms with Gasteiger partial charge < -0.3 is 10.6 Å². The molecule has 114 valence electrons. The highest BCUT2D eigenvalue weighted by molar-refractivity contribution is 7.80. The summed E-state index contributed by atoms with van der Waals surface area (Å²) in [5, 5.41) is 7.57. The first-order chi connectivity index (χ1) is 10.8. The van der Waals surface area contributed by atoms with Gasteiger partial charge in [0.1, 0.15) is 0 Å². The Labute approximate surface area is 137 Å². The smallest absolute Gasteiger partial charge is 0.166 e. The Kier molecular flexibility index (Phi) is 5.07. The molecule has 0 aromatic heterocycles. The first-order valence-electron chi connectivity index (χ1n) is 7.99. The van der Waals surface area contributed by atoms with Crippen molar-refractivity contribution in [2.75, 3.05) is 6.54 Å². The van der Waals surface area contributed by atoms with E-state index in [-0.39, 0.29) is 0 Å². The number of hydrogen-bond donors (Lipinski definition) is 2. The van der Waals surface area contributed by atoms with E-state index in [0.717, 1.165) is 24.5 Å². The Morgan fingerprint density at radius 1 is 1.05 bits per heavy atom. The van der Waals surface area contributed by atoms with Gasteiger partial charge in [0.15, 0.2) is 5.11 Å². The van der Waals surface area contributed by atoms with Gasteiger partial charge in [-0.05, 0) is 54.6 Å². The van der Waals surface area contributed by atoms with Gasteiger partial charge in [-0.15, -0.1) is 0 Å². The molecule has 2 aromatic rings. The van der Waals surface area contributed by atoms with Gasteiger partial charge in [0, 0.05) is 6.54 Å². The first-order valence-corrected chi connectivity index (χ1v) is 8.40. The van der Waals surface area contributed by atoms with Crippen molar-refractivity contribution in [2.45, 2.75) is 31.7 Å². The van der Waals surface area contributed by atoms with E-state index in [1.807, 2.05) is 6.07 Å². The van der Waals surface area contributed by atoms with E-state index >= 15 is 0 Å². The predicted octanol–water partition coefficient (Wildman–Crippen LogP) is 3.77. The Balaban J connectivity index is 1.50. The lowest BCUT2D eigenvalue weighted by atomic mass is 9.88. The van der Waals surface area contributed by atoms with Crippen LogP contribution in [0.3, 0.4) is 0 Å². The average molecular weight is 310 g/mol. The fourth-order valence-corrected chi connectivity index (χ4v) is 3.32. The van der Waals surface area contributed by atoms with Crippen LogP contribution < -0.4 is 10.6 Å². The van der Waals surface area contributed by atoms with E-state index in [1.54, 1.807) is 0 Å². The van der Waals surface area contributed by atoms with Crippen molar-refractivity contribution in [3.63, 3.8) is 0 Å². The second-order valence-electron chi connectivity index (χ2n) is 5.78. The molecule has 2 N–H and O–H groups in total. The van der Waals surface area contributed by atoms with Crippen molar-refractivity contribution < 1.29 is 0 Å². The zero-order valence-electron chi connectivity index (χ0n) is 12.7. The van der Waals surface area contributed by atoms with Crippen molar-refractivity contribution in [3.05, 3.63) is 71.3 Å². The summed E-state index contributed by atoms with van der Waals surface area (Å²) in [6, 6.07) is 19.5. The Hall–Kier alpha value is -1.87. The third-order valence-electron chi connectivity index (χ3n) is 4.22. The molecule has 22 heavy (non-hydrogen) atoms. The average Bonchev–Trinajstić information content (AvgIpc) is 2.56. The van der Waals surface area contributed by atoms with Crippen molar-refractivity contribution in [2.24, 2.45) is 0 Å². The Bertz CT molecular complexity index is 624. The monoisotopic (exact) mass is 310 g/mol. The van der Waals surface area contributed by atoms with Crippen LogP contribution in [0.15, 0.2) is 54.6 Å². The van der Waals surface area contributed by atoms with Crippen LogP contribution >= 0.6 is 12.2 Å². The molecular weight excluding hydrogens is 288 g/mol. The van der Waals surface area contributed by atoms with E-state index in [1.165, 1.54) is 29.5 Å². The summed E-state index contributed by atoms with van der Waals surface area (Å²) in [6.45, 7) is 0.865. The molecule has 0 bridgehead atoms. The number of hydrogen-bond acceptors (Lipinski definition) is 1. The van der Waals surface area contributed by atoms with Gasteiger partial charge in [0.2, 0.25) is 0 Å². The van der Waals surface area contributed by atoms with Crippen LogP contribution in [0.4, 0.5) is 0 Å². The molecule has 2 aromatic carbocycles. The topological polar surface area (TPSA) is 24.1 Å². The maximum Gasteiger partial charge on any atom is 0.166 e. The Morgan fingerprint density at radius 2 is 1.82 bits per heavy atom. The summed E-state index contributed by atoms with van der Waals surface area (Å²) in [7, 11) is 0. The summed E-state index contributed by atoms with van der Waals surface area (Å²) >= 11 is 5.46. The van der Waals surface area contributed by atoms with Crippen LogP contribution in [-0.4, -0.2) is 11.7 Å². The summed E-state index contributed by atoms with van der Waals surface area (Å²) in [4.78, 5) is 0. The standard InChI is InChI=1S/C19H22N2S/c22-19(20-14-13-15-7-2-1-3-8-15)21-18-12-6-10-16-9-4-5-11-17(16)18/h1-5,7-9,11,18H,6,10,12-14H2,(H2,20,21,22). The third-order valence-corrected chi connectivity index (χ3v) is 4.48. The van der Waals surface area contributed by atoms with E-state index in [2.05, 4.69) is 59.2 Å². The van der Waals surface area contributed by atoms with E-state index in [4.69, 9.17) is 12.2 Å². The zero-order chi connectivity index (χ0) is 15.2. The van der Waals surface area contributed by atoms with Crippen LogP contribution in [0, 0.1) is 0 Å². The van der Waals surface area contributed by atoms with Crippen molar-refractivity contribution in [1.82, 2.24) is 10.6 Å². The van der Waals surface area contributed by atoms with E-state index < -0.39 is 0 Å². The molecule has 0 spiro atoms. The minimum absolute atomic E-state index is 0.349. The fraction of sp³-hybridized carbons (Fsp3) is 0.316. The lowest BCUT2D eigenvalue weighted by molar-refractivity contribution is 0.523. The molecule has 2 nitrogen and oxygen atoms in total. The lowest BCUT2D eigenvalue weighted by Gasteiger charge is -2.27. The number of nitrogens with one attached hydrogen (secondary N) is 2. The number of aryl methyl sites for hydroxylation is 1. The van der Waals surface area contributed by atoms with Crippen molar-refractivity contribution in [3.8, 4) is 0 Å². The number of benzene rings is 2. The van der Waals surface area contributed by atoms with Gasteiger partial charge in [-0.2, -0.15) is 0 Å². The van der Waals surface area contributed by atoms with Crippen LogP contribution in [0.25, 0.3) is 0 Å². The molecule has 1 unspecified atom stereocenters. The maximum atomic E-state index is 5.46. The SMILES string of the molecule is S=C(NCCc1ccccc1)NC1CCCc2ccccc21. The number of rotatable bonds is 4. The minimum Gasteiger partial charge on any atom is -0.362 e. The second kappa shape index (κ2) is 7.41. The predicted molar refractivity (Wildman–Crippen MR) is 96.0 cm³/mol. The van der Waals surface area contributed by atoms with E-state index in [9.17, 15) is 0 Å². The molecule has 0 amide bonds. The first kappa shape index (κ1) is 15.0. The van der Waals surface area contributed by atoms with Crippen LogP contribution in [0.5, 0.6) is 0 Å².